The van der Waals surface area contributed by atoms with Crippen LogP contribution in [-0.2, 0) is 9.53 Å². The minimum atomic E-state index is -1.15. The lowest BCUT2D eigenvalue weighted by atomic mass is 10.0. The van der Waals surface area contributed by atoms with Gasteiger partial charge in [-0.3, -0.25) is 4.79 Å². The molecule has 1 rings (SSSR count). The van der Waals surface area contributed by atoms with Gasteiger partial charge in [-0.05, 0) is 40.7 Å². The van der Waals surface area contributed by atoms with E-state index in [9.17, 15) is 9.59 Å². The van der Waals surface area contributed by atoms with Crippen molar-refractivity contribution in [3.8, 4) is 5.88 Å². The molecular weight excluding hydrogens is 310 g/mol. The van der Waals surface area contributed by atoms with Crippen molar-refractivity contribution in [1.82, 2.24) is 10.3 Å². The van der Waals surface area contributed by atoms with E-state index in [4.69, 9.17) is 9.47 Å². The van der Waals surface area contributed by atoms with E-state index in [0.29, 0.717) is 18.2 Å². The van der Waals surface area contributed by atoms with E-state index in [0.717, 1.165) is 0 Å². The summed E-state index contributed by atoms with van der Waals surface area (Å²) in [6.07, 6.45) is 2.43. The minimum Gasteiger partial charge on any atom is -0.473 e. The predicted molar refractivity (Wildman–Crippen MR) is 92.0 cm³/mol. The molecule has 0 saturated carbocycles. The predicted octanol–water partition coefficient (Wildman–Crippen LogP) is 2.89. The van der Waals surface area contributed by atoms with Crippen LogP contribution in [0.3, 0.4) is 0 Å². The second-order valence-corrected chi connectivity index (χ2v) is 6.69. The molecule has 2 amide bonds. The summed E-state index contributed by atoms with van der Waals surface area (Å²) in [4.78, 5) is 28.2. The van der Waals surface area contributed by atoms with Crippen LogP contribution in [0.1, 0.15) is 34.6 Å². The fourth-order valence-electron chi connectivity index (χ4n) is 1.59. The van der Waals surface area contributed by atoms with E-state index in [1.54, 1.807) is 52.8 Å². The molecule has 0 aliphatic heterocycles. The molecule has 7 heteroatoms. The van der Waals surface area contributed by atoms with Gasteiger partial charge in [0.25, 0.3) is 0 Å². The Hall–Kier alpha value is -2.57. The highest BCUT2D eigenvalue weighted by atomic mass is 16.6. The summed E-state index contributed by atoms with van der Waals surface area (Å²) in [5, 5.41) is 5.23. The third kappa shape index (κ3) is 6.68. The number of carbonyl (C=O) groups excluding carboxylic acids is 2. The van der Waals surface area contributed by atoms with Crippen molar-refractivity contribution < 1.29 is 19.1 Å². The molecular formula is C17H25N3O4. The Balaban J connectivity index is 2.64. The molecule has 0 unspecified atom stereocenters. The van der Waals surface area contributed by atoms with Gasteiger partial charge in [-0.15, -0.1) is 0 Å². The number of amides is 2. The summed E-state index contributed by atoms with van der Waals surface area (Å²) in [5.41, 5.74) is -1.30. The van der Waals surface area contributed by atoms with Crippen molar-refractivity contribution in [2.75, 3.05) is 11.9 Å². The molecule has 24 heavy (non-hydrogen) atoms. The minimum absolute atomic E-state index is 0.353. The van der Waals surface area contributed by atoms with E-state index in [2.05, 4.69) is 22.2 Å². The Morgan fingerprint density at radius 3 is 2.42 bits per heavy atom. The van der Waals surface area contributed by atoms with Crippen LogP contribution in [0.5, 0.6) is 5.88 Å². The van der Waals surface area contributed by atoms with Crippen molar-refractivity contribution in [1.29, 1.82) is 0 Å². The van der Waals surface area contributed by atoms with E-state index in [1.807, 2.05) is 0 Å². The molecule has 0 aliphatic rings. The van der Waals surface area contributed by atoms with Gasteiger partial charge < -0.3 is 20.1 Å². The fraction of sp³-hybridized carbons (Fsp3) is 0.471. The maximum Gasteiger partial charge on any atom is 0.408 e. The largest absolute Gasteiger partial charge is 0.473 e. The summed E-state index contributed by atoms with van der Waals surface area (Å²) in [6.45, 7) is 12.3. The zero-order valence-corrected chi connectivity index (χ0v) is 14.8. The van der Waals surface area contributed by atoms with Crippen LogP contribution < -0.4 is 15.4 Å². The lowest BCUT2D eigenvalue weighted by Gasteiger charge is -2.27. The second kappa shape index (κ2) is 7.81. The highest BCUT2D eigenvalue weighted by molar-refractivity contribution is 5.99. The molecule has 2 N–H and O–H groups in total. The number of hydrogen-bond acceptors (Lipinski definition) is 5. The van der Waals surface area contributed by atoms with Gasteiger partial charge in [0.15, 0.2) is 0 Å². The molecule has 0 radical (unpaired) electrons. The molecule has 0 atom stereocenters. The van der Waals surface area contributed by atoms with Gasteiger partial charge in [-0.25, -0.2) is 9.78 Å². The third-order valence-corrected chi connectivity index (χ3v) is 2.72. The van der Waals surface area contributed by atoms with Gasteiger partial charge in [0.05, 0.1) is 11.9 Å². The normalized spacial score (nSPS) is 11.4. The average Bonchev–Trinajstić information content (AvgIpc) is 2.43. The maximum absolute atomic E-state index is 12.3. The van der Waals surface area contributed by atoms with Crippen LogP contribution in [0.25, 0.3) is 0 Å². The van der Waals surface area contributed by atoms with Crippen molar-refractivity contribution in [2.24, 2.45) is 0 Å². The molecule has 1 aromatic heterocycles. The standard InChI is InChI=1S/C17H25N3O4/c1-7-10-23-13-9-8-12(11-18-13)19-14(21)17(5,6)20-15(22)24-16(2,3)4/h7-9,11H,1,10H2,2-6H3,(H,19,21)(H,20,22). The Morgan fingerprint density at radius 2 is 1.92 bits per heavy atom. The van der Waals surface area contributed by atoms with E-state index in [1.165, 1.54) is 6.20 Å². The number of aromatic nitrogens is 1. The van der Waals surface area contributed by atoms with Gasteiger partial charge >= 0.3 is 6.09 Å². The maximum atomic E-state index is 12.3. The molecule has 1 aromatic rings. The first-order valence-corrected chi connectivity index (χ1v) is 7.56. The van der Waals surface area contributed by atoms with Gasteiger partial charge in [0, 0.05) is 6.07 Å². The van der Waals surface area contributed by atoms with Crippen molar-refractivity contribution in [3.05, 3.63) is 31.0 Å². The molecule has 7 nitrogen and oxygen atoms in total. The molecule has 0 aliphatic carbocycles. The molecule has 0 fully saturated rings. The van der Waals surface area contributed by atoms with E-state index >= 15 is 0 Å². The third-order valence-electron chi connectivity index (χ3n) is 2.72. The first kappa shape index (κ1) is 19.5. The van der Waals surface area contributed by atoms with Gasteiger partial charge in [0.1, 0.15) is 17.7 Å². The number of hydrogen-bond donors (Lipinski definition) is 2. The Labute approximate surface area is 142 Å². The zero-order chi connectivity index (χ0) is 18.4. The zero-order valence-electron chi connectivity index (χ0n) is 14.8. The molecule has 0 spiro atoms. The smallest absolute Gasteiger partial charge is 0.408 e. The lowest BCUT2D eigenvalue weighted by Crippen LogP contribution is -2.53. The average molecular weight is 335 g/mol. The Bertz CT molecular complexity index is 589. The number of carbonyl (C=O) groups is 2. The molecule has 0 aromatic carbocycles. The lowest BCUT2D eigenvalue weighted by molar-refractivity contribution is -0.121. The van der Waals surface area contributed by atoms with Crippen molar-refractivity contribution in [2.45, 2.75) is 45.8 Å². The SMILES string of the molecule is C=CCOc1ccc(NC(=O)C(C)(C)NC(=O)OC(C)(C)C)cn1. The first-order chi connectivity index (χ1) is 11.0. The number of rotatable bonds is 6. The van der Waals surface area contributed by atoms with Crippen LogP contribution in [-0.4, -0.2) is 34.7 Å². The summed E-state index contributed by atoms with van der Waals surface area (Å²) in [5.74, 6) is 0.0361. The summed E-state index contributed by atoms with van der Waals surface area (Å²) in [6, 6.07) is 3.29. The fourth-order valence-corrected chi connectivity index (χ4v) is 1.59. The van der Waals surface area contributed by atoms with Crippen LogP contribution in [0.15, 0.2) is 31.0 Å². The summed E-state index contributed by atoms with van der Waals surface area (Å²) in [7, 11) is 0. The second-order valence-electron chi connectivity index (χ2n) is 6.69. The number of alkyl carbamates (subject to hydrolysis) is 1. The number of pyridine rings is 1. The Morgan fingerprint density at radius 1 is 1.25 bits per heavy atom. The Kier molecular flexibility index (Phi) is 6.34. The summed E-state index contributed by atoms with van der Waals surface area (Å²) >= 11 is 0. The van der Waals surface area contributed by atoms with Crippen LogP contribution in [0.2, 0.25) is 0 Å². The van der Waals surface area contributed by atoms with Gasteiger partial charge in [-0.1, -0.05) is 12.7 Å². The van der Waals surface area contributed by atoms with Crippen molar-refractivity contribution in [3.63, 3.8) is 0 Å². The molecule has 1 heterocycles. The highest BCUT2D eigenvalue weighted by Crippen LogP contribution is 2.15. The topological polar surface area (TPSA) is 89.6 Å². The molecule has 0 bridgehead atoms. The van der Waals surface area contributed by atoms with Crippen molar-refractivity contribution >= 4 is 17.7 Å². The van der Waals surface area contributed by atoms with Crippen LogP contribution in [0.4, 0.5) is 10.5 Å². The quantitative estimate of drug-likeness (QED) is 0.780. The number of ether oxygens (including phenoxy) is 2. The van der Waals surface area contributed by atoms with E-state index < -0.39 is 23.1 Å². The number of nitrogens with one attached hydrogen (secondary N) is 2. The van der Waals surface area contributed by atoms with Gasteiger partial charge in [-0.2, -0.15) is 0 Å². The first-order valence-electron chi connectivity index (χ1n) is 7.56. The number of nitrogens with zero attached hydrogens (tertiary/aromatic N) is 1. The van der Waals surface area contributed by atoms with Crippen LogP contribution in [0, 0.1) is 0 Å². The molecule has 0 saturated heterocycles. The van der Waals surface area contributed by atoms with Crippen LogP contribution >= 0.6 is 0 Å². The monoisotopic (exact) mass is 335 g/mol. The molecule has 132 valence electrons. The van der Waals surface area contributed by atoms with Gasteiger partial charge in [0.2, 0.25) is 11.8 Å². The number of anilines is 1. The summed E-state index contributed by atoms with van der Waals surface area (Å²) < 4.78 is 10.4. The highest BCUT2D eigenvalue weighted by Gasteiger charge is 2.31. The van der Waals surface area contributed by atoms with E-state index in [-0.39, 0.29) is 0 Å².